The Bertz CT molecular complexity index is 868. The van der Waals surface area contributed by atoms with Gasteiger partial charge in [-0.05, 0) is 25.7 Å². The molecule has 0 saturated carbocycles. The molecule has 3 heteroatoms. The van der Waals surface area contributed by atoms with Crippen molar-refractivity contribution in [3.8, 4) is 11.3 Å². The summed E-state index contributed by atoms with van der Waals surface area (Å²) in [6.45, 7) is 1.95. The molecule has 0 fully saturated rings. The summed E-state index contributed by atoms with van der Waals surface area (Å²) in [4.78, 5) is 7.15. The van der Waals surface area contributed by atoms with Crippen LogP contribution >= 0.6 is 0 Å². The van der Waals surface area contributed by atoms with Crippen molar-refractivity contribution in [2.24, 2.45) is 0 Å². The number of fused-ring (bicyclic) bond motifs is 4. The average Bonchev–Trinajstić information content (AvgIpc) is 2.92. The molecule has 1 aromatic heterocycles. The lowest BCUT2D eigenvalue weighted by atomic mass is 10.1. The maximum absolute atomic E-state index is 4.95. The molecule has 2 aromatic carbocycles. The van der Waals surface area contributed by atoms with Crippen molar-refractivity contribution in [3.05, 3.63) is 59.7 Å². The first-order chi connectivity index (χ1) is 11.2. The number of anilines is 1. The second-order valence-corrected chi connectivity index (χ2v) is 6.40. The van der Waals surface area contributed by atoms with E-state index in [0.717, 1.165) is 30.7 Å². The van der Waals surface area contributed by atoms with Crippen LogP contribution in [0.1, 0.15) is 11.1 Å². The minimum absolute atomic E-state index is 0.934. The summed E-state index contributed by atoms with van der Waals surface area (Å²) in [6, 6.07) is 17.0. The van der Waals surface area contributed by atoms with Gasteiger partial charge in [0.25, 0.3) is 0 Å². The molecule has 0 bridgehead atoms. The Labute approximate surface area is 137 Å². The summed E-state index contributed by atoms with van der Waals surface area (Å²) >= 11 is 0. The van der Waals surface area contributed by atoms with Gasteiger partial charge in [0.2, 0.25) is 0 Å². The number of para-hydroxylation sites is 1. The van der Waals surface area contributed by atoms with Crippen LogP contribution in [-0.2, 0) is 6.42 Å². The lowest BCUT2D eigenvalue weighted by Crippen LogP contribution is -2.21. The number of nitrogens with one attached hydrogen (secondary N) is 1. The van der Waals surface area contributed by atoms with Gasteiger partial charge in [-0.3, -0.25) is 0 Å². The van der Waals surface area contributed by atoms with Crippen LogP contribution in [0.2, 0.25) is 0 Å². The topological polar surface area (TPSA) is 28.2 Å². The monoisotopic (exact) mass is 303 g/mol. The fourth-order valence-electron chi connectivity index (χ4n) is 3.35. The van der Waals surface area contributed by atoms with Gasteiger partial charge in [0.15, 0.2) is 0 Å². The molecule has 116 valence electrons. The zero-order chi connectivity index (χ0) is 15.8. The van der Waals surface area contributed by atoms with Gasteiger partial charge >= 0.3 is 0 Å². The Morgan fingerprint density at radius 2 is 1.83 bits per heavy atom. The van der Waals surface area contributed by atoms with E-state index in [1.807, 2.05) is 0 Å². The molecular weight excluding hydrogens is 282 g/mol. The number of likely N-dealkylation sites (N-methyl/N-ethyl adjacent to an activating group) is 1. The van der Waals surface area contributed by atoms with Gasteiger partial charge in [-0.15, -0.1) is 0 Å². The van der Waals surface area contributed by atoms with Crippen LogP contribution in [-0.4, -0.2) is 37.1 Å². The molecule has 23 heavy (non-hydrogen) atoms. The fraction of sp³-hybridized carbons (Fsp3) is 0.250. The van der Waals surface area contributed by atoms with Crippen molar-refractivity contribution in [2.45, 2.75) is 6.42 Å². The molecule has 0 aliphatic heterocycles. The molecule has 0 radical (unpaired) electrons. The number of hydrogen-bond donors (Lipinski definition) is 1. The number of pyridine rings is 1. The molecule has 0 atom stereocenters. The van der Waals surface area contributed by atoms with E-state index < -0.39 is 0 Å². The predicted molar refractivity (Wildman–Crippen MR) is 97.0 cm³/mol. The van der Waals surface area contributed by atoms with E-state index >= 15 is 0 Å². The Hall–Kier alpha value is -2.39. The number of rotatable bonds is 4. The van der Waals surface area contributed by atoms with Crippen LogP contribution in [0, 0.1) is 0 Å². The summed E-state index contributed by atoms with van der Waals surface area (Å²) in [5, 5.41) is 4.89. The van der Waals surface area contributed by atoms with Gasteiger partial charge in [0.05, 0.1) is 11.2 Å². The first kappa shape index (κ1) is 14.2. The highest BCUT2D eigenvalue weighted by atomic mass is 15.1. The van der Waals surface area contributed by atoms with Gasteiger partial charge in [0.1, 0.15) is 0 Å². The summed E-state index contributed by atoms with van der Waals surface area (Å²) in [6.07, 6.45) is 0.966. The molecule has 0 unspecified atom stereocenters. The molecule has 3 aromatic rings. The smallest absolute Gasteiger partial charge is 0.0768 e. The van der Waals surface area contributed by atoms with Gasteiger partial charge < -0.3 is 10.2 Å². The van der Waals surface area contributed by atoms with E-state index in [-0.39, 0.29) is 0 Å². The van der Waals surface area contributed by atoms with Crippen LogP contribution in [0.15, 0.2) is 48.5 Å². The SMILES string of the molecule is CN(C)CCNc1c2c(nc3ccccc13)-c1ccccc1C2. The standard InChI is InChI=1S/C20H21N3/c1-23(2)12-11-21-19-16-9-5-6-10-18(16)22-20-15-8-4-3-7-14(15)13-17(19)20/h3-10H,11-13H2,1-2H3,(H,21,22). The van der Waals surface area contributed by atoms with E-state index in [4.69, 9.17) is 4.98 Å². The zero-order valence-electron chi connectivity index (χ0n) is 13.6. The second-order valence-electron chi connectivity index (χ2n) is 6.40. The highest BCUT2D eigenvalue weighted by molar-refractivity contribution is 5.98. The Kier molecular flexibility index (Phi) is 3.50. The lowest BCUT2D eigenvalue weighted by Gasteiger charge is -2.16. The second kappa shape index (κ2) is 5.67. The maximum atomic E-state index is 4.95. The van der Waals surface area contributed by atoms with Crippen molar-refractivity contribution in [1.29, 1.82) is 0 Å². The number of benzene rings is 2. The largest absolute Gasteiger partial charge is 0.383 e. The van der Waals surface area contributed by atoms with Gasteiger partial charge in [-0.1, -0.05) is 42.5 Å². The Balaban J connectivity index is 1.85. The third kappa shape index (κ3) is 2.47. The van der Waals surface area contributed by atoms with Gasteiger partial charge in [0, 0.05) is 41.7 Å². The minimum atomic E-state index is 0.934. The molecule has 4 rings (SSSR count). The number of hydrogen-bond acceptors (Lipinski definition) is 3. The molecule has 1 heterocycles. The predicted octanol–water partition coefficient (Wildman–Crippen LogP) is 3.78. The van der Waals surface area contributed by atoms with Crippen molar-refractivity contribution in [3.63, 3.8) is 0 Å². The molecule has 1 N–H and O–H groups in total. The third-order valence-electron chi connectivity index (χ3n) is 4.49. The molecule has 0 amide bonds. The minimum Gasteiger partial charge on any atom is -0.383 e. The molecular formula is C20H21N3. The number of nitrogens with zero attached hydrogens (tertiary/aromatic N) is 2. The third-order valence-corrected chi connectivity index (χ3v) is 4.49. The van der Waals surface area contributed by atoms with E-state index in [1.165, 1.54) is 27.8 Å². The molecule has 1 aliphatic carbocycles. The molecule has 3 nitrogen and oxygen atoms in total. The van der Waals surface area contributed by atoms with Crippen LogP contribution in [0.5, 0.6) is 0 Å². The van der Waals surface area contributed by atoms with Crippen LogP contribution < -0.4 is 5.32 Å². The first-order valence-corrected chi connectivity index (χ1v) is 8.12. The van der Waals surface area contributed by atoms with Crippen molar-refractivity contribution in [1.82, 2.24) is 9.88 Å². The maximum Gasteiger partial charge on any atom is 0.0768 e. The number of aromatic nitrogens is 1. The van der Waals surface area contributed by atoms with E-state index in [1.54, 1.807) is 0 Å². The Morgan fingerprint density at radius 1 is 1.04 bits per heavy atom. The van der Waals surface area contributed by atoms with Gasteiger partial charge in [-0.25, -0.2) is 4.98 Å². The lowest BCUT2D eigenvalue weighted by molar-refractivity contribution is 0.425. The van der Waals surface area contributed by atoms with Crippen LogP contribution in [0.3, 0.4) is 0 Å². The van der Waals surface area contributed by atoms with Crippen molar-refractivity contribution < 1.29 is 0 Å². The first-order valence-electron chi connectivity index (χ1n) is 8.12. The van der Waals surface area contributed by atoms with E-state index in [2.05, 4.69) is 72.8 Å². The van der Waals surface area contributed by atoms with E-state index in [9.17, 15) is 0 Å². The highest BCUT2D eigenvalue weighted by Crippen LogP contribution is 2.41. The van der Waals surface area contributed by atoms with Crippen LogP contribution in [0.25, 0.3) is 22.2 Å². The van der Waals surface area contributed by atoms with Crippen LogP contribution in [0.4, 0.5) is 5.69 Å². The highest BCUT2D eigenvalue weighted by Gasteiger charge is 2.24. The average molecular weight is 303 g/mol. The zero-order valence-corrected chi connectivity index (χ0v) is 13.6. The van der Waals surface area contributed by atoms with E-state index in [0.29, 0.717) is 0 Å². The summed E-state index contributed by atoms with van der Waals surface area (Å²) < 4.78 is 0. The Morgan fingerprint density at radius 3 is 2.70 bits per heavy atom. The molecule has 0 spiro atoms. The summed E-state index contributed by atoms with van der Waals surface area (Å²) in [7, 11) is 4.21. The fourth-order valence-corrected chi connectivity index (χ4v) is 3.35. The summed E-state index contributed by atoms with van der Waals surface area (Å²) in [5.41, 5.74) is 7.46. The van der Waals surface area contributed by atoms with Gasteiger partial charge in [-0.2, -0.15) is 0 Å². The molecule has 1 aliphatic rings. The van der Waals surface area contributed by atoms with Crippen molar-refractivity contribution >= 4 is 16.6 Å². The summed E-state index contributed by atoms with van der Waals surface area (Å²) in [5.74, 6) is 0. The molecule has 0 saturated heterocycles. The quantitative estimate of drug-likeness (QED) is 0.622. The van der Waals surface area contributed by atoms with Crippen molar-refractivity contribution in [2.75, 3.05) is 32.5 Å². The normalized spacial score (nSPS) is 12.5.